The van der Waals surface area contributed by atoms with Gasteiger partial charge >= 0.3 is 5.97 Å². The lowest BCUT2D eigenvalue weighted by Crippen LogP contribution is -2.20. The Morgan fingerprint density at radius 1 is 1.33 bits per heavy atom. The number of rotatable bonds is 7. The van der Waals surface area contributed by atoms with Gasteiger partial charge in [0.15, 0.2) is 6.23 Å². The normalized spacial score (nSPS) is 18.8. The predicted molar refractivity (Wildman–Crippen MR) is 97.3 cm³/mol. The topological polar surface area (TPSA) is 43.3 Å². The molecule has 24 heavy (non-hydrogen) atoms. The average molecular weight is 324 g/mol. The van der Waals surface area contributed by atoms with Gasteiger partial charge in [0.05, 0.1) is 0 Å². The number of nitrogens with zero attached hydrogens (tertiary/aromatic N) is 1. The Balaban J connectivity index is 1.90. The third-order valence-electron chi connectivity index (χ3n) is 4.29. The molecule has 1 aliphatic heterocycles. The van der Waals surface area contributed by atoms with Gasteiger partial charge < -0.3 is 14.6 Å². The number of aryl methyl sites for hydroxylation is 1. The number of ether oxygens (including phenoxy) is 1. The zero-order valence-electron chi connectivity index (χ0n) is 14.1. The number of nitrogens with one attached hydrogen (secondary N) is 1. The molecule has 0 spiro atoms. The lowest BCUT2D eigenvalue weighted by molar-refractivity contribution is -0.138. The van der Waals surface area contributed by atoms with Crippen molar-refractivity contribution in [3.8, 4) is 0 Å². The maximum absolute atomic E-state index is 12.0. The first-order chi connectivity index (χ1) is 11.7. The lowest BCUT2D eigenvalue weighted by Gasteiger charge is -2.04. The van der Waals surface area contributed by atoms with Crippen LogP contribution in [0.25, 0.3) is 17.0 Å². The molecule has 1 saturated heterocycles. The van der Waals surface area contributed by atoms with Crippen molar-refractivity contribution >= 4 is 22.9 Å². The maximum Gasteiger partial charge on any atom is 0.356 e. The van der Waals surface area contributed by atoms with E-state index in [9.17, 15) is 4.79 Å². The van der Waals surface area contributed by atoms with Crippen molar-refractivity contribution in [2.45, 2.75) is 45.4 Å². The fourth-order valence-corrected chi connectivity index (χ4v) is 3.08. The van der Waals surface area contributed by atoms with Crippen molar-refractivity contribution in [1.82, 2.24) is 9.88 Å². The minimum atomic E-state index is -0.306. The summed E-state index contributed by atoms with van der Waals surface area (Å²) in [6.07, 6.45) is 9.64. The van der Waals surface area contributed by atoms with Crippen LogP contribution in [0, 0.1) is 0 Å². The molecule has 2 heterocycles. The van der Waals surface area contributed by atoms with Gasteiger partial charge in [-0.25, -0.2) is 4.79 Å². The van der Waals surface area contributed by atoms with Crippen LogP contribution in [0.1, 0.15) is 38.2 Å². The summed E-state index contributed by atoms with van der Waals surface area (Å²) in [5.41, 5.74) is 2.76. The molecule has 1 aromatic carbocycles. The summed E-state index contributed by atoms with van der Waals surface area (Å²) in [6, 6.07) is 8.31. The van der Waals surface area contributed by atoms with Crippen molar-refractivity contribution in [2.24, 2.45) is 0 Å². The summed E-state index contributed by atoms with van der Waals surface area (Å²) in [5.74, 6) is -0.301. The highest BCUT2D eigenvalue weighted by molar-refractivity contribution is 5.98. The van der Waals surface area contributed by atoms with Gasteiger partial charge in [-0.3, -0.25) is 0 Å². The minimum Gasteiger partial charge on any atom is -0.437 e. The molecule has 4 nitrogen and oxygen atoms in total. The standard InChI is InChI=1S/C20H24N2O2/c1-3-5-8-12-22-14-15(16-10-6-7-11-18(16)22)13-17-20(23)24-19(21-17)9-4-2/h4,6-7,10-11,13-14,19,21H,2-3,5,8-9,12H2,1H3/b17-13+. The number of unbranched alkanes of at least 4 members (excludes halogenated alkanes) is 2. The van der Waals surface area contributed by atoms with Crippen molar-refractivity contribution in [1.29, 1.82) is 0 Å². The van der Waals surface area contributed by atoms with Crippen molar-refractivity contribution in [2.75, 3.05) is 0 Å². The smallest absolute Gasteiger partial charge is 0.356 e. The molecule has 1 aliphatic rings. The van der Waals surface area contributed by atoms with E-state index >= 15 is 0 Å². The second kappa shape index (κ2) is 7.39. The van der Waals surface area contributed by atoms with Crippen molar-refractivity contribution in [3.63, 3.8) is 0 Å². The largest absolute Gasteiger partial charge is 0.437 e. The van der Waals surface area contributed by atoms with Gasteiger partial charge in [-0.05, 0) is 18.6 Å². The molecule has 1 atom stereocenters. The summed E-state index contributed by atoms with van der Waals surface area (Å²) in [6.45, 7) is 6.89. The number of hydrogen-bond donors (Lipinski definition) is 1. The molecule has 1 N–H and O–H groups in total. The fraction of sp³-hybridized carbons (Fsp3) is 0.350. The summed E-state index contributed by atoms with van der Waals surface area (Å²) in [4.78, 5) is 12.0. The Kier molecular flexibility index (Phi) is 5.04. The average Bonchev–Trinajstić information content (AvgIpc) is 3.10. The highest BCUT2D eigenvalue weighted by Gasteiger charge is 2.27. The van der Waals surface area contributed by atoms with Gasteiger partial charge in [0.2, 0.25) is 0 Å². The number of hydrogen-bond acceptors (Lipinski definition) is 3. The van der Waals surface area contributed by atoms with E-state index in [0.29, 0.717) is 12.1 Å². The Morgan fingerprint density at radius 2 is 2.17 bits per heavy atom. The third kappa shape index (κ3) is 3.37. The van der Waals surface area contributed by atoms with E-state index in [1.165, 1.54) is 18.4 Å². The molecule has 1 aromatic heterocycles. The molecule has 4 heteroatoms. The van der Waals surface area contributed by atoms with Gasteiger partial charge in [-0.1, -0.05) is 44.0 Å². The molecule has 0 bridgehead atoms. The zero-order chi connectivity index (χ0) is 16.9. The van der Waals surface area contributed by atoms with E-state index < -0.39 is 0 Å². The van der Waals surface area contributed by atoms with Crippen molar-refractivity contribution < 1.29 is 9.53 Å². The molecule has 3 rings (SSSR count). The molecule has 0 radical (unpaired) electrons. The first kappa shape index (κ1) is 16.4. The van der Waals surface area contributed by atoms with Crippen LogP contribution in [-0.2, 0) is 16.1 Å². The molecule has 0 aliphatic carbocycles. The SMILES string of the molecule is C=CCC1N/C(=C/c2cn(CCCCC)c3ccccc23)C(=O)O1. The van der Waals surface area contributed by atoms with Crippen LogP contribution in [0.5, 0.6) is 0 Å². The second-order valence-corrected chi connectivity index (χ2v) is 6.12. The van der Waals surface area contributed by atoms with E-state index in [-0.39, 0.29) is 12.2 Å². The monoisotopic (exact) mass is 324 g/mol. The Morgan fingerprint density at radius 3 is 2.96 bits per heavy atom. The van der Waals surface area contributed by atoms with Gasteiger partial charge in [-0.2, -0.15) is 0 Å². The fourth-order valence-electron chi connectivity index (χ4n) is 3.08. The van der Waals surface area contributed by atoms with Gasteiger partial charge in [0.25, 0.3) is 0 Å². The minimum absolute atomic E-state index is 0.301. The number of fused-ring (bicyclic) bond motifs is 1. The molecule has 0 saturated carbocycles. The molecular weight excluding hydrogens is 300 g/mol. The molecule has 0 amide bonds. The van der Waals surface area contributed by atoms with E-state index in [2.05, 4.69) is 47.8 Å². The number of esters is 1. The highest BCUT2D eigenvalue weighted by Crippen LogP contribution is 2.25. The first-order valence-corrected chi connectivity index (χ1v) is 8.61. The van der Waals surface area contributed by atoms with Crippen LogP contribution >= 0.6 is 0 Å². The van der Waals surface area contributed by atoms with E-state index in [0.717, 1.165) is 23.9 Å². The maximum atomic E-state index is 12.0. The zero-order valence-corrected chi connectivity index (χ0v) is 14.1. The Labute approximate surface area is 142 Å². The number of aromatic nitrogens is 1. The second-order valence-electron chi connectivity index (χ2n) is 6.12. The van der Waals surface area contributed by atoms with Crippen LogP contribution in [0.4, 0.5) is 0 Å². The number of para-hydroxylation sites is 1. The van der Waals surface area contributed by atoms with E-state index in [1.54, 1.807) is 6.08 Å². The van der Waals surface area contributed by atoms with E-state index in [4.69, 9.17) is 4.74 Å². The Bertz CT molecular complexity index is 773. The Hall–Kier alpha value is -2.49. The predicted octanol–water partition coefficient (Wildman–Crippen LogP) is 4.22. The number of cyclic esters (lactones) is 1. The molecular formula is C20H24N2O2. The van der Waals surface area contributed by atoms with Crippen LogP contribution in [0.3, 0.4) is 0 Å². The van der Waals surface area contributed by atoms with Crippen LogP contribution in [-0.4, -0.2) is 16.8 Å². The van der Waals surface area contributed by atoms with Gasteiger partial charge in [-0.15, -0.1) is 6.58 Å². The van der Waals surface area contributed by atoms with Gasteiger partial charge in [0.1, 0.15) is 5.70 Å². The molecule has 1 fully saturated rings. The summed E-state index contributed by atoms with van der Waals surface area (Å²) in [7, 11) is 0. The molecule has 1 unspecified atom stereocenters. The number of benzene rings is 1. The number of carbonyl (C=O) groups is 1. The highest BCUT2D eigenvalue weighted by atomic mass is 16.6. The molecule has 2 aromatic rings. The van der Waals surface area contributed by atoms with Crippen molar-refractivity contribution in [3.05, 3.63) is 54.4 Å². The van der Waals surface area contributed by atoms with E-state index in [1.807, 2.05) is 12.1 Å². The molecule has 126 valence electrons. The summed E-state index contributed by atoms with van der Waals surface area (Å²) < 4.78 is 7.57. The summed E-state index contributed by atoms with van der Waals surface area (Å²) >= 11 is 0. The van der Waals surface area contributed by atoms with Crippen LogP contribution < -0.4 is 5.32 Å². The summed E-state index contributed by atoms with van der Waals surface area (Å²) in [5, 5.41) is 4.28. The number of carbonyl (C=O) groups excluding carboxylic acids is 1. The quantitative estimate of drug-likeness (QED) is 0.359. The van der Waals surface area contributed by atoms with Crippen LogP contribution in [0.2, 0.25) is 0 Å². The van der Waals surface area contributed by atoms with Gasteiger partial charge in [0, 0.05) is 35.6 Å². The van der Waals surface area contributed by atoms with Crippen LogP contribution in [0.15, 0.2) is 48.8 Å². The third-order valence-corrected chi connectivity index (χ3v) is 4.29. The first-order valence-electron chi connectivity index (χ1n) is 8.61. The lowest BCUT2D eigenvalue weighted by atomic mass is 10.1.